The number of imide groups is 1. The fourth-order valence-corrected chi connectivity index (χ4v) is 3.94. The molecule has 0 spiro atoms. The van der Waals surface area contributed by atoms with Crippen molar-refractivity contribution in [3.05, 3.63) is 58.7 Å². The minimum absolute atomic E-state index is 0.0260. The molecule has 0 fully saturated rings. The molecule has 1 unspecified atom stereocenters. The van der Waals surface area contributed by atoms with Crippen molar-refractivity contribution in [2.45, 2.75) is 19.4 Å². The largest absolute Gasteiger partial charge is 0.497 e. The summed E-state index contributed by atoms with van der Waals surface area (Å²) in [5, 5.41) is 0. The number of rotatable bonds is 5. The van der Waals surface area contributed by atoms with E-state index in [1.807, 2.05) is 12.1 Å². The number of aliphatic imine (C=N–C) groups is 1. The molecule has 2 heterocycles. The van der Waals surface area contributed by atoms with Gasteiger partial charge in [-0.3, -0.25) is 24.3 Å². The van der Waals surface area contributed by atoms with E-state index in [0.717, 1.165) is 5.56 Å². The highest BCUT2D eigenvalue weighted by molar-refractivity contribution is 6.49. The number of hydrogen-bond donors (Lipinski definition) is 0. The number of amides is 2. The maximum atomic E-state index is 13.4. The van der Waals surface area contributed by atoms with Crippen molar-refractivity contribution >= 4 is 23.5 Å². The highest BCUT2D eigenvalue weighted by Crippen LogP contribution is 2.38. The van der Waals surface area contributed by atoms with Crippen LogP contribution in [0.5, 0.6) is 11.5 Å². The van der Waals surface area contributed by atoms with Gasteiger partial charge in [0.1, 0.15) is 23.1 Å². The van der Waals surface area contributed by atoms with Crippen LogP contribution in [-0.2, 0) is 20.9 Å². The number of esters is 1. The molecule has 2 aliphatic rings. The molecule has 160 valence electrons. The molecule has 0 radical (unpaired) electrons. The fourth-order valence-electron chi connectivity index (χ4n) is 3.94. The van der Waals surface area contributed by atoms with Crippen molar-refractivity contribution in [1.82, 2.24) is 4.90 Å². The molecule has 4 rings (SSSR count). The number of benzene rings is 2. The number of ether oxygens (including phenoxy) is 3. The van der Waals surface area contributed by atoms with Crippen LogP contribution in [0.4, 0.5) is 0 Å². The van der Waals surface area contributed by atoms with Gasteiger partial charge in [-0.1, -0.05) is 18.2 Å². The summed E-state index contributed by atoms with van der Waals surface area (Å²) in [7, 11) is 2.96. The smallest absolute Gasteiger partial charge is 0.315 e. The Morgan fingerprint density at radius 1 is 1.16 bits per heavy atom. The first-order valence-corrected chi connectivity index (χ1v) is 9.91. The highest BCUT2D eigenvalue weighted by atomic mass is 16.5. The molecule has 0 aromatic heterocycles. The quantitative estimate of drug-likeness (QED) is 0.542. The summed E-state index contributed by atoms with van der Waals surface area (Å²) in [6, 6.07) is 10.4. The Hall–Kier alpha value is -3.68. The molecule has 8 heteroatoms. The van der Waals surface area contributed by atoms with Gasteiger partial charge in [-0.2, -0.15) is 0 Å². The minimum Gasteiger partial charge on any atom is -0.497 e. The topological polar surface area (TPSA) is 94.5 Å². The van der Waals surface area contributed by atoms with Crippen LogP contribution in [0, 0.1) is 0 Å². The van der Waals surface area contributed by atoms with E-state index < -0.39 is 17.8 Å². The van der Waals surface area contributed by atoms with Gasteiger partial charge in [0.05, 0.1) is 39.5 Å². The predicted octanol–water partition coefficient (Wildman–Crippen LogP) is 2.34. The maximum absolute atomic E-state index is 13.4. The minimum atomic E-state index is -0.707. The standard InChI is InChI=1S/C23H22N2O6/c1-4-31-23(28)17-11-24-20(19-16(17)9-14(29-2)10-18(19)30-3)22(27)25-12-13-7-5-6-8-15(13)21(25)26/h5-10,17H,4,11-12H2,1-3H3. The zero-order valence-corrected chi connectivity index (χ0v) is 17.5. The molecule has 2 amide bonds. The van der Waals surface area contributed by atoms with Crippen molar-refractivity contribution < 1.29 is 28.6 Å². The summed E-state index contributed by atoms with van der Waals surface area (Å²) in [6.07, 6.45) is 0. The van der Waals surface area contributed by atoms with Gasteiger partial charge in [-0.15, -0.1) is 0 Å². The Morgan fingerprint density at radius 2 is 1.94 bits per heavy atom. The lowest BCUT2D eigenvalue weighted by Gasteiger charge is -2.27. The maximum Gasteiger partial charge on any atom is 0.315 e. The Morgan fingerprint density at radius 3 is 2.61 bits per heavy atom. The Labute approximate surface area is 179 Å². The van der Waals surface area contributed by atoms with Gasteiger partial charge < -0.3 is 14.2 Å². The van der Waals surface area contributed by atoms with Gasteiger partial charge in [0, 0.05) is 11.6 Å². The first-order valence-electron chi connectivity index (χ1n) is 9.91. The monoisotopic (exact) mass is 422 g/mol. The van der Waals surface area contributed by atoms with Crippen molar-refractivity contribution in [2.24, 2.45) is 4.99 Å². The van der Waals surface area contributed by atoms with Crippen molar-refractivity contribution in [1.29, 1.82) is 0 Å². The van der Waals surface area contributed by atoms with Crippen LogP contribution in [-0.4, -0.2) is 55.8 Å². The summed E-state index contributed by atoms with van der Waals surface area (Å²) in [5.41, 5.74) is 2.26. The van der Waals surface area contributed by atoms with Crippen LogP contribution < -0.4 is 9.47 Å². The lowest BCUT2D eigenvalue weighted by Crippen LogP contribution is -2.40. The normalized spacial score (nSPS) is 16.9. The van der Waals surface area contributed by atoms with Crippen LogP contribution in [0.25, 0.3) is 0 Å². The summed E-state index contributed by atoms with van der Waals surface area (Å²) in [5.74, 6) is -1.25. The lowest BCUT2D eigenvalue weighted by molar-refractivity contribution is -0.144. The van der Waals surface area contributed by atoms with Crippen LogP contribution in [0.3, 0.4) is 0 Å². The predicted molar refractivity (Wildman–Crippen MR) is 112 cm³/mol. The Bertz CT molecular complexity index is 1110. The lowest BCUT2D eigenvalue weighted by atomic mass is 9.87. The first kappa shape index (κ1) is 20.6. The number of fused-ring (bicyclic) bond motifs is 2. The van der Waals surface area contributed by atoms with E-state index in [4.69, 9.17) is 14.2 Å². The van der Waals surface area contributed by atoms with E-state index in [-0.39, 0.29) is 31.3 Å². The molecule has 0 bridgehead atoms. The van der Waals surface area contributed by atoms with E-state index in [1.165, 1.54) is 19.1 Å². The van der Waals surface area contributed by atoms with E-state index in [2.05, 4.69) is 4.99 Å². The summed E-state index contributed by atoms with van der Waals surface area (Å²) < 4.78 is 16.1. The van der Waals surface area contributed by atoms with Gasteiger partial charge in [0.25, 0.3) is 11.8 Å². The second-order valence-corrected chi connectivity index (χ2v) is 7.14. The van der Waals surface area contributed by atoms with Crippen molar-refractivity contribution in [3.8, 4) is 11.5 Å². The van der Waals surface area contributed by atoms with Gasteiger partial charge in [0.15, 0.2) is 0 Å². The number of carbonyl (C=O) groups is 3. The molecule has 2 aliphatic heterocycles. The molecule has 0 saturated carbocycles. The van der Waals surface area contributed by atoms with E-state index in [1.54, 1.807) is 31.2 Å². The van der Waals surface area contributed by atoms with E-state index in [0.29, 0.717) is 28.2 Å². The molecule has 8 nitrogen and oxygen atoms in total. The van der Waals surface area contributed by atoms with Crippen LogP contribution in [0.2, 0.25) is 0 Å². The zero-order chi connectivity index (χ0) is 22.1. The van der Waals surface area contributed by atoms with Gasteiger partial charge >= 0.3 is 5.97 Å². The molecule has 31 heavy (non-hydrogen) atoms. The molecule has 0 aliphatic carbocycles. The Balaban J connectivity index is 1.78. The third kappa shape index (κ3) is 3.43. The third-order valence-electron chi connectivity index (χ3n) is 5.45. The second kappa shape index (κ2) is 8.22. The molecule has 2 aromatic rings. The molecule has 1 atom stereocenters. The van der Waals surface area contributed by atoms with E-state index in [9.17, 15) is 14.4 Å². The molecular formula is C23H22N2O6. The molecular weight excluding hydrogens is 400 g/mol. The number of nitrogens with zero attached hydrogens (tertiary/aromatic N) is 2. The second-order valence-electron chi connectivity index (χ2n) is 7.14. The average Bonchev–Trinajstić information content (AvgIpc) is 3.13. The summed E-state index contributed by atoms with van der Waals surface area (Å²) in [6.45, 7) is 2.14. The number of carbonyl (C=O) groups excluding carboxylic acids is 3. The average molecular weight is 422 g/mol. The highest BCUT2D eigenvalue weighted by Gasteiger charge is 2.40. The van der Waals surface area contributed by atoms with Gasteiger partial charge in [-0.25, -0.2) is 0 Å². The third-order valence-corrected chi connectivity index (χ3v) is 5.45. The van der Waals surface area contributed by atoms with Crippen LogP contribution in [0.15, 0.2) is 41.4 Å². The molecule has 0 N–H and O–H groups in total. The molecule has 0 saturated heterocycles. The molecule has 2 aromatic carbocycles. The van der Waals surface area contributed by atoms with Crippen molar-refractivity contribution in [3.63, 3.8) is 0 Å². The Kier molecular flexibility index (Phi) is 5.46. The number of hydrogen-bond acceptors (Lipinski definition) is 7. The van der Waals surface area contributed by atoms with Crippen LogP contribution in [0.1, 0.15) is 39.9 Å². The van der Waals surface area contributed by atoms with Gasteiger partial charge in [0.2, 0.25) is 0 Å². The SMILES string of the molecule is CCOC(=O)C1CN=C(C(=O)N2Cc3ccccc3C2=O)c2c(OC)cc(OC)cc21. The van der Waals surface area contributed by atoms with Crippen LogP contribution >= 0.6 is 0 Å². The summed E-state index contributed by atoms with van der Waals surface area (Å²) >= 11 is 0. The van der Waals surface area contributed by atoms with Crippen molar-refractivity contribution in [2.75, 3.05) is 27.4 Å². The first-order chi connectivity index (χ1) is 15.0. The van der Waals surface area contributed by atoms with E-state index >= 15 is 0 Å². The fraction of sp³-hybridized carbons (Fsp3) is 0.304. The number of methoxy groups -OCH3 is 2. The zero-order valence-electron chi connectivity index (χ0n) is 17.5. The summed E-state index contributed by atoms with van der Waals surface area (Å²) in [4.78, 5) is 44.4. The van der Waals surface area contributed by atoms with Gasteiger partial charge in [-0.05, 0) is 30.2 Å².